The molecule has 16 heavy (non-hydrogen) atoms. The van der Waals surface area contributed by atoms with E-state index in [2.05, 4.69) is 4.98 Å². The molecule has 1 N–H and O–H groups in total. The summed E-state index contributed by atoms with van der Waals surface area (Å²) in [4.78, 5) is 27.6. The first-order valence-electron chi connectivity index (χ1n) is 4.87. The highest BCUT2D eigenvalue weighted by molar-refractivity contribution is 5.69. The third-order valence-corrected chi connectivity index (χ3v) is 2.58. The van der Waals surface area contributed by atoms with Crippen molar-refractivity contribution in [2.75, 3.05) is 0 Å². The van der Waals surface area contributed by atoms with Crippen molar-refractivity contribution in [3.63, 3.8) is 0 Å². The Balaban J connectivity index is 3.06. The van der Waals surface area contributed by atoms with Gasteiger partial charge in [0.05, 0.1) is 6.33 Å². The molecule has 2 aromatic rings. The van der Waals surface area contributed by atoms with Gasteiger partial charge in [0.15, 0.2) is 11.2 Å². The fraction of sp³-hybridized carbons (Fsp3) is 0.444. The summed E-state index contributed by atoms with van der Waals surface area (Å²) in [5.74, 6) is 0. The van der Waals surface area contributed by atoms with E-state index in [1.165, 1.54) is 17.9 Å². The van der Waals surface area contributed by atoms with Crippen molar-refractivity contribution < 1.29 is 5.11 Å². The van der Waals surface area contributed by atoms with E-state index in [1.54, 1.807) is 4.57 Å². The molecule has 2 aromatic heterocycles. The number of aromatic nitrogens is 4. The minimum absolute atomic E-state index is 0.332. The summed E-state index contributed by atoms with van der Waals surface area (Å²) in [5.41, 5.74) is -0.415. The van der Waals surface area contributed by atoms with E-state index >= 15 is 0 Å². The van der Waals surface area contributed by atoms with Crippen molar-refractivity contribution in [1.82, 2.24) is 18.7 Å². The Morgan fingerprint density at radius 3 is 2.69 bits per heavy atom. The molecule has 0 saturated heterocycles. The molecule has 7 heteroatoms. The Labute approximate surface area is 90.2 Å². The maximum absolute atomic E-state index is 11.9. The number of fused-ring (bicyclic) bond motifs is 1. The number of aryl methyl sites for hydroxylation is 2. The van der Waals surface area contributed by atoms with Crippen molar-refractivity contribution in [1.29, 1.82) is 0 Å². The quantitative estimate of drug-likeness (QED) is 0.699. The van der Waals surface area contributed by atoms with E-state index in [0.29, 0.717) is 17.7 Å². The third kappa shape index (κ3) is 1.21. The van der Waals surface area contributed by atoms with Crippen molar-refractivity contribution in [2.45, 2.75) is 20.2 Å². The summed E-state index contributed by atoms with van der Waals surface area (Å²) >= 11 is 0. The highest BCUT2D eigenvalue weighted by atomic mass is 16.3. The Kier molecular flexibility index (Phi) is 2.39. The lowest BCUT2D eigenvalue weighted by Gasteiger charge is -2.05. The zero-order valence-corrected chi connectivity index (χ0v) is 9.04. The molecule has 0 aliphatic heterocycles. The van der Waals surface area contributed by atoms with Gasteiger partial charge in [0.25, 0.3) is 5.56 Å². The van der Waals surface area contributed by atoms with Crippen LogP contribution in [0.25, 0.3) is 11.2 Å². The van der Waals surface area contributed by atoms with Gasteiger partial charge in [-0.15, -0.1) is 0 Å². The molecule has 0 fully saturated rings. The number of nitrogens with zero attached hydrogens (tertiary/aromatic N) is 4. The molecule has 0 unspecified atom stereocenters. The van der Waals surface area contributed by atoms with Gasteiger partial charge in [-0.3, -0.25) is 9.36 Å². The van der Waals surface area contributed by atoms with Crippen LogP contribution in [0.5, 0.6) is 0 Å². The molecular formula is C9H12N4O3. The fourth-order valence-electron chi connectivity index (χ4n) is 1.69. The number of hydrogen-bond donors (Lipinski definition) is 1. The van der Waals surface area contributed by atoms with Gasteiger partial charge >= 0.3 is 5.69 Å². The molecule has 0 bridgehead atoms. The maximum Gasteiger partial charge on any atom is 0.334 e. The summed E-state index contributed by atoms with van der Waals surface area (Å²) < 4.78 is 3.67. The Morgan fingerprint density at radius 2 is 2.12 bits per heavy atom. The van der Waals surface area contributed by atoms with Crippen molar-refractivity contribution in [3.05, 3.63) is 27.2 Å². The van der Waals surface area contributed by atoms with Gasteiger partial charge in [0.1, 0.15) is 6.73 Å². The molecule has 0 aliphatic carbocycles. The molecule has 0 spiro atoms. The van der Waals surface area contributed by atoms with Gasteiger partial charge in [0, 0.05) is 13.6 Å². The summed E-state index contributed by atoms with van der Waals surface area (Å²) in [5, 5.41) is 9.00. The molecule has 0 amide bonds. The number of aliphatic hydroxyl groups excluding tert-OH is 1. The zero-order chi connectivity index (χ0) is 11.9. The maximum atomic E-state index is 11.9. The molecule has 0 aliphatic rings. The van der Waals surface area contributed by atoms with E-state index in [4.69, 9.17) is 5.11 Å². The smallest absolute Gasteiger partial charge is 0.334 e. The van der Waals surface area contributed by atoms with Gasteiger partial charge < -0.3 is 9.67 Å². The number of rotatable bonds is 2. The molecule has 2 heterocycles. The van der Waals surface area contributed by atoms with Crippen molar-refractivity contribution in [3.8, 4) is 0 Å². The molecule has 0 aromatic carbocycles. The molecule has 0 radical (unpaired) electrons. The number of hydrogen-bond acceptors (Lipinski definition) is 4. The average Bonchev–Trinajstić information content (AvgIpc) is 2.70. The largest absolute Gasteiger partial charge is 0.376 e. The van der Waals surface area contributed by atoms with E-state index < -0.39 is 18.0 Å². The second kappa shape index (κ2) is 3.60. The van der Waals surface area contributed by atoms with Crippen LogP contribution in [-0.4, -0.2) is 23.8 Å². The van der Waals surface area contributed by atoms with Gasteiger partial charge in [-0.2, -0.15) is 0 Å². The first kappa shape index (κ1) is 10.6. The molecule has 0 atom stereocenters. The van der Waals surface area contributed by atoms with E-state index in [1.807, 2.05) is 6.92 Å². The third-order valence-electron chi connectivity index (χ3n) is 2.58. The second-order valence-electron chi connectivity index (χ2n) is 3.42. The normalized spacial score (nSPS) is 11.2. The Bertz CT molecular complexity index is 649. The number of aliphatic hydroxyl groups is 1. The fourth-order valence-corrected chi connectivity index (χ4v) is 1.69. The zero-order valence-electron chi connectivity index (χ0n) is 9.04. The van der Waals surface area contributed by atoms with Crippen LogP contribution < -0.4 is 11.2 Å². The van der Waals surface area contributed by atoms with E-state index in [0.717, 1.165) is 4.57 Å². The lowest BCUT2D eigenvalue weighted by atomic mass is 10.5. The topological polar surface area (TPSA) is 82.1 Å². The van der Waals surface area contributed by atoms with Gasteiger partial charge in [-0.05, 0) is 6.92 Å². The summed E-state index contributed by atoms with van der Waals surface area (Å²) in [6.07, 6.45) is 1.51. The highest BCUT2D eigenvalue weighted by Gasteiger charge is 2.14. The van der Waals surface area contributed by atoms with Gasteiger partial charge in [-0.25, -0.2) is 14.3 Å². The van der Waals surface area contributed by atoms with Crippen LogP contribution in [-0.2, 0) is 20.3 Å². The lowest BCUT2D eigenvalue weighted by Crippen LogP contribution is -2.39. The second-order valence-corrected chi connectivity index (χ2v) is 3.42. The van der Waals surface area contributed by atoms with E-state index in [-0.39, 0.29) is 0 Å². The van der Waals surface area contributed by atoms with Crippen LogP contribution in [0.15, 0.2) is 15.9 Å². The Morgan fingerprint density at radius 1 is 1.44 bits per heavy atom. The minimum Gasteiger partial charge on any atom is -0.376 e. The predicted octanol–water partition coefficient (Wildman–Crippen LogP) is -1.13. The minimum atomic E-state index is -0.629. The van der Waals surface area contributed by atoms with Crippen molar-refractivity contribution in [2.24, 2.45) is 7.05 Å². The summed E-state index contributed by atoms with van der Waals surface area (Å²) in [6, 6.07) is 0. The first-order valence-corrected chi connectivity index (χ1v) is 4.87. The average molecular weight is 224 g/mol. The highest BCUT2D eigenvalue weighted by Crippen LogP contribution is 2.04. The standard InChI is InChI=1S/C9H12N4O3/c1-3-12-4-10-7-6(12)8(15)13(5-14)9(16)11(7)2/h4,14H,3,5H2,1-2H3. The SMILES string of the molecule is CCn1cnc2c1c(=O)n(CO)c(=O)n2C. The van der Waals surface area contributed by atoms with Crippen LogP contribution in [0.3, 0.4) is 0 Å². The van der Waals surface area contributed by atoms with Crippen LogP contribution in [0, 0.1) is 0 Å². The van der Waals surface area contributed by atoms with E-state index in [9.17, 15) is 9.59 Å². The first-order chi connectivity index (χ1) is 7.61. The Hall–Kier alpha value is -1.89. The van der Waals surface area contributed by atoms with Crippen LogP contribution in [0.4, 0.5) is 0 Å². The molecule has 7 nitrogen and oxygen atoms in total. The summed E-state index contributed by atoms with van der Waals surface area (Å²) in [7, 11) is 1.52. The predicted molar refractivity (Wildman–Crippen MR) is 57.1 cm³/mol. The molecular weight excluding hydrogens is 212 g/mol. The molecule has 0 saturated carbocycles. The van der Waals surface area contributed by atoms with Crippen LogP contribution in [0.1, 0.15) is 6.92 Å². The van der Waals surface area contributed by atoms with Crippen LogP contribution >= 0.6 is 0 Å². The number of imidazole rings is 1. The van der Waals surface area contributed by atoms with Gasteiger partial charge in [0.2, 0.25) is 0 Å². The van der Waals surface area contributed by atoms with Gasteiger partial charge in [-0.1, -0.05) is 0 Å². The molecule has 86 valence electrons. The van der Waals surface area contributed by atoms with Crippen molar-refractivity contribution >= 4 is 11.2 Å². The van der Waals surface area contributed by atoms with Crippen LogP contribution in [0.2, 0.25) is 0 Å². The monoisotopic (exact) mass is 224 g/mol. The summed E-state index contributed by atoms with van der Waals surface area (Å²) in [6.45, 7) is 1.82. The molecule has 2 rings (SSSR count). The lowest BCUT2D eigenvalue weighted by molar-refractivity contribution is 0.199.